The Morgan fingerprint density at radius 1 is 1.47 bits per heavy atom. The smallest absolute Gasteiger partial charge is 0.310 e. The molecule has 0 bridgehead atoms. The summed E-state index contributed by atoms with van der Waals surface area (Å²) in [5.74, 6) is -1.11. The van der Waals surface area contributed by atoms with Gasteiger partial charge in [0.1, 0.15) is 0 Å². The van der Waals surface area contributed by atoms with E-state index in [1.54, 1.807) is 13.8 Å². The summed E-state index contributed by atoms with van der Waals surface area (Å²) in [6, 6.07) is 1.92. The molecule has 1 heterocycles. The molecule has 4 nitrogen and oxygen atoms in total. The van der Waals surface area contributed by atoms with E-state index in [1.807, 2.05) is 18.4 Å². The molecule has 0 aromatic carbocycles. The number of rotatable bonds is 5. The average Bonchev–Trinajstić information content (AvgIpc) is 2.73. The molecule has 94 valence electrons. The molecule has 0 spiro atoms. The van der Waals surface area contributed by atoms with Crippen molar-refractivity contribution in [1.29, 1.82) is 0 Å². The van der Waals surface area contributed by atoms with E-state index >= 15 is 0 Å². The molecule has 0 fully saturated rings. The van der Waals surface area contributed by atoms with Crippen LogP contribution in [-0.2, 0) is 11.2 Å². The highest BCUT2D eigenvalue weighted by molar-refractivity contribution is 7.12. The van der Waals surface area contributed by atoms with Crippen molar-refractivity contribution in [2.45, 2.75) is 27.2 Å². The molecule has 1 rings (SSSR count). The van der Waals surface area contributed by atoms with Crippen molar-refractivity contribution in [3.8, 4) is 0 Å². The number of aryl methyl sites for hydroxylation is 1. The van der Waals surface area contributed by atoms with Crippen molar-refractivity contribution >= 4 is 23.2 Å². The lowest BCUT2D eigenvalue weighted by atomic mass is 9.94. The minimum atomic E-state index is -0.945. The molecule has 0 aliphatic heterocycles. The molecule has 0 aliphatic carbocycles. The van der Waals surface area contributed by atoms with E-state index in [1.165, 1.54) is 11.3 Å². The largest absolute Gasteiger partial charge is 0.481 e. The van der Waals surface area contributed by atoms with Gasteiger partial charge in [0.15, 0.2) is 0 Å². The van der Waals surface area contributed by atoms with E-state index < -0.39 is 11.4 Å². The van der Waals surface area contributed by atoms with Crippen molar-refractivity contribution in [2.75, 3.05) is 6.54 Å². The molecule has 0 saturated carbocycles. The number of hydrogen-bond donors (Lipinski definition) is 2. The van der Waals surface area contributed by atoms with Crippen LogP contribution in [0.2, 0.25) is 0 Å². The molecule has 0 atom stereocenters. The Hall–Kier alpha value is -1.36. The van der Waals surface area contributed by atoms with Crippen molar-refractivity contribution in [3.05, 3.63) is 21.9 Å². The summed E-state index contributed by atoms with van der Waals surface area (Å²) in [6.45, 7) is 5.29. The molecule has 2 N–H and O–H groups in total. The first kappa shape index (κ1) is 13.7. The van der Waals surface area contributed by atoms with E-state index in [-0.39, 0.29) is 12.5 Å². The van der Waals surface area contributed by atoms with Crippen LogP contribution in [0.5, 0.6) is 0 Å². The summed E-state index contributed by atoms with van der Waals surface area (Å²) in [5, 5.41) is 13.5. The predicted octanol–water partition coefficient (Wildman–Crippen LogP) is 2.15. The van der Waals surface area contributed by atoms with Crippen molar-refractivity contribution in [2.24, 2.45) is 5.41 Å². The van der Waals surface area contributed by atoms with Gasteiger partial charge in [0.2, 0.25) is 0 Å². The highest BCUT2D eigenvalue weighted by Crippen LogP contribution is 2.18. The SMILES string of the molecule is CCc1ccsc1C(=O)NCC(C)(C)C(=O)O. The molecule has 1 amide bonds. The van der Waals surface area contributed by atoms with Crippen LogP contribution in [0.3, 0.4) is 0 Å². The van der Waals surface area contributed by atoms with Gasteiger partial charge in [0.05, 0.1) is 10.3 Å². The lowest BCUT2D eigenvalue weighted by Gasteiger charge is -2.19. The normalized spacial score (nSPS) is 11.2. The monoisotopic (exact) mass is 255 g/mol. The van der Waals surface area contributed by atoms with Gasteiger partial charge in [-0.05, 0) is 37.3 Å². The zero-order valence-corrected chi connectivity index (χ0v) is 11.1. The Kier molecular flexibility index (Phi) is 4.28. The van der Waals surface area contributed by atoms with Crippen molar-refractivity contribution < 1.29 is 14.7 Å². The highest BCUT2D eigenvalue weighted by atomic mass is 32.1. The molecule has 1 aromatic rings. The molecule has 0 radical (unpaired) electrons. The fraction of sp³-hybridized carbons (Fsp3) is 0.500. The first-order valence-corrected chi connectivity index (χ1v) is 6.34. The Balaban J connectivity index is 2.65. The third-order valence-electron chi connectivity index (χ3n) is 2.60. The van der Waals surface area contributed by atoms with Crippen molar-refractivity contribution in [1.82, 2.24) is 5.32 Å². The summed E-state index contributed by atoms with van der Waals surface area (Å²) in [4.78, 5) is 23.4. The Morgan fingerprint density at radius 3 is 2.65 bits per heavy atom. The first-order chi connectivity index (χ1) is 7.88. The molecule has 0 saturated heterocycles. The molecule has 17 heavy (non-hydrogen) atoms. The van der Waals surface area contributed by atoms with Gasteiger partial charge in [-0.2, -0.15) is 0 Å². The highest BCUT2D eigenvalue weighted by Gasteiger charge is 2.28. The topological polar surface area (TPSA) is 66.4 Å². The van der Waals surface area contributed by atoms with Gasteiger partial charge < -0.3 is 10.4 Å². The third-order valence-corrected chi connectivity index (χ3v) is 3.56. The van der Waals surface area contributed by atoms with Crippen LogP contribution in [0.15, 0.2) is 11.4 Å². The summed E-state index contributed by atoms with van der Waals surface area (Å²) in [5.41, 5.74) is 0.0554. The van der Waals surface area contributed by atoms with Crippen LogP contribution in [0.25, 0.3) is 0 Å². The minimum absolute atomic E-state index is 0.127. The second kappa shape index (κ2) is 5.31. The first-order valence-electron chi connectivity index (χ1n) is 5.46. The van der Waals surface area contributed by atoms with Crippen LogP contribution < -0.4 is 5.32 Å². The number of carboxylic acids is 1. The maximum absolute atomic E-state index is 11.9. The number of carbonyl (C=O) groups excluding carboxylic acids is 1. The van der Waals surface area contributed by atoms with Gasteiger partial charge in [0.25, 0.3) is 5.91 Å². The molecule has 5 heteroatoms. The maximum atomic E-state index is 11.9. The Bertz CT molecular complexity index is 423. The number of nitrogens with one attached hydrogen (secondary N) is 1. The molecule has 0 unspecified atom stereocenters. The lowest BCUT2D eigenvalue weighted by Crippen LogP contribution is -2.38. The van der Waals surface area contributed by atoms with E-state index in [2.05, 4.69) is 5.32 Å². The number of carbonyl (C=O) groups is 2. The van der Waals surface area contributed by atoms with Gasteiger partial charge in [0, 0.05) is 6.54 Å². The summed E-state index contributed by atoms with van der Waals surface area (Å²) >= 11 is 1.38. The fourth-order valence-electron chi connectivity index (χ4n) is 1.27. The lowest BCUT2D eigenvalue weighted by molar-refractivity contribution is -0.146. The van der Waals surface area contributed by atoms with Crippen LogP contribution in [0, 0.1) is 5.41 Å². The molecule has 0 aliphatic rings. The van der Waals surface area contributed by atoms with Crippen LogP contribution in [-0.4, -0.2) is 23.5 Å². The van der Waals surface area contributed by atoms with Crippen LogP contribution >= 0.6 is 11.3 Å². The molecular formula is C12H17NO3S. The van der Waals surface area contributed by atoms with Gasteiger partial charge in [-0.15, -0.1) is 11.3 Å². The van der Waals surface area contributed by atoms with E-state index in [0.717, 1.165) is 12.0 Å². The zero-order valence-electron chi connectivity index (χ0n) is 10.2. The molecular weight excluding hydrogens is 238 g/mol. The number of aliphatic carboxylic acids is 1. The minimum Gasteiger partial charge on any atom is -0.481 e. The number of thiophene rings is 1. The van der Waals surface area contributed by atoms with Gasteiger partial charge in [-0.3, -0.25) is 9.59 Å². The Labute approximate surface area is 105 Å². The second-order valence-electron chi connectivity index (χ2n) is 4.50. The summed E-state index contributed by atoms with van der Waals surface area (Å²) in [6.07, 6.45) is 0.800. The quantitative estimate of drug-likeness (QED) is 0.847. The number of amides is 1. The van der Waals surface area contributed by atoms with E-state index in [0.29, 0.717) is 4.88 Å². The second-order valence-corrected chi connectivity index (χ2v) is 5.42. The standard InChI is InChI=1S/C12H17NO3S/c1-4-8-5-6-17-9(8)10(14)13-7-12(2,3)11(15)16/h5-6H,4,7H2,1-3H3,(H,13,14)(H,15,16). The van der Waals surface area contributed by atoms with Crippen LogP contribution in [0.4, 0.5) is 0 Å². The number of hydrogen-bond acceptors (Lipinski definition) is 3. The fourth-order valence-corrected chi connectivity index (χ4v) is 2.18. The summed E-state index contributed by atoms with van der Waals surface area (Å²) in [7, 11) is 0. The maximum Gasteiger partial charge on any atom is 0.310 e. The van der Waals surface area contributed by atoms with Crippen molar-refractivity contribution in [3.63, 3.8) is 0 Å². The van der Waals surface area contributed by atoms with E-state index in [9.17, 15) is 9.59 Å². The van der Waals surface area contributed by atoms with E-state index in [4.69, 9.17) is 5.11 Å². The average molecular weight is 255 g/mol. The Morgan fingerprint density at radius 2 is 2.12 bits per heavy atom. The molecule has 1 aromatic heterocycles. The number of carboxylic acid groups (broad SMARTS) is 1. The predicted molar refractivity (Wildman–Crippen MR) is 67.4 cm³/mol. The van der Waals surface area contributed by atoms with Gasteiger partial charge >= 0.3 is 5.97 Å². The summed E-state index contributed by atoms with van der Waals surface area (Å²) < 4.78 is 0. The zero-order chi connectivity index (χ0) is 13.1. The van der Waals surface area contributed by atoms with Gasteiger partial charge in [-0.1, -0.05) is 6.92 Å². The third kappa shape index (κ3) is 3.30. The van der Waals surface area contributed by atoms with Gasteiger partial charge in [-0.25, -0.2) is 0 Å². The van der Waals surface area contributed by atoms with Crippen LogP contribution in [0.1, 0.15) is 36.0 Å².